The molecule has 0 bridgehead atoms. The first-order valence-electron chi connectivity index (χ1n) is 7.88. The zero-order chi connectivity index (χ0) is 17.0. The van der Waals surface area contributed by atoms with Crippen LogP contribution in [0.2, 0.25) is 5.28 Å². The fraction of sp³-hybridized carbons (Fsp3) is 0.353. The number of fused-ring (bicyclic) bond motifs is 2. The second kappa shape index (κ2) is 5.34. The van der Waals surface area contributed by atoms with Crippen molar-refractivity contribution in [2.24, 2.45) is 14.1 Å². The highest BCUT2D eigenvalue weighted by Gasteiger charge is 2.25. The predicted octanol–water partition coefficient (Wildman–Crippen LogP) is 1.82. The standard InChI is InChI=1S/C17H17ClN4O2/c1-20-14-13(15(23)21(2)17(20)24)22(16(18)19-14)9-11-8-7-10-5-3-4-6-12(10)11/h3-6,11H,7-9H2,1-2H3/t11-/m0/s1. The van der Waals surface area contributed by atoms with E-state index in [1.807, 2.05) is 12.1 Å². The van der Waals surface area contributed by atoms with E-state index in [0.717, 1.165) is 17.4 Å². The zero-order valence-electron chi connectivity index (χ0n) is 13.5. The number of aryl methyl sites for hydroxylation is 2. The zero-order valence-corrected chi connectivity index (χ0v) is 14.2. The van der Waals surface area contributed by atoms with Gasteiger partial charge in [0, 0.05) is 26.6 Å². The smallest absolute Gasteiger partial charge is 0.308 e. The summed E-state index contributed by atoms with van der Waals surface area (Å²) in [6, 6.07) is 8.36. The van der Waals surface area contributed by atoms with Gasteiger partial charge in [-0.25, -0.2) is 4.79 Å². The van der Waals surface area contributed by atoms with Crippen molar-refractivity contribution >= 4 is 22.8 Å². The van der Waals surface area contributed by atoms with E-state index in [9.17, 15) is 9.59 Å². The van der Waals surface area contributed by atoms with Crippen molar-refractivity contribution in [1.82, 2.24) is 18.7 Å². The molecule has 1 atom stereocenters. The maximum Gasteiger partial charge on any atom is 0.332 e. The highest BCUT2D eigenvalue weighted by molar-refractivity contribution is 6.29. The van der Waals surface area contributed by atoms with Crippen molar-refractivity contribution < 1.29 is 0 Å². The van der Waals surface area contributed by atoms with Gasteiger partial charge in [-0.2, -0.15) is 4.98 Å². The van der Waals surface area contributed by atoms with Crippen molar-refractivity contribution in [3.8, 4) is 0 Å². The summed E-state index contributed by atoms with van der Waals surface area (Å²) in [5.74, 6) is 0.290. The van der Waals surface area contributed by atoms with Crippen LogP contribution >= 0.6 is 11.6 Å². The Kier molecular flexibility index (Phi) is 3.38. The largest absolute Gasteiger partial charge is 0.332 e. The van der Waals surface area contributed by atoms with Crippen LogP contribution in [0.3, 0.4) is 0 Å². The van der Waals surface area contributed by atoms with E-state index in [2.05, 4.69) is 17.1 Å². The fourth-order valence-electron chi connectivity index (χ4n) is 3.64. The molecule has 0 radical (unpaired) electrons. The number of nitrogens with zero attached hydrogens (tertiary/aromatic N) is 4. The van der Waals surface area contributed by atoms with Crippen LogP contribution in [-0.4, -0.2) is 18.7 Å². The fourth-order valence-corrected chi connectivity index (χ4v) is 3.88. The van der Waals surface area contributed by atoms with E-state index in [-0.39, 0.29) is 16.8 Å². The lowest BCUT2D eigenvalue weighted by Crippen LogP contribution is -2.37. The Bertz CT molecular complexity index is 1080. The van der Waals surface area contributed by atoms with E-state index in [0.29, 0.717) is 17.7 Å². The molecule has 0 saturated heterocycles. The van der Waals surface area contributed by atoms with Gasteiger partial charge >= 0.3 is 5.69 Å². The lowest BCUT2D eigenvalue weighted by Gasteiger charge is -2.14. The number of benzene rings is 1. The van der Waals surface area contributed by atoms with Crippen LogP contribution in [0, 0.1) is 0 Å². The minimum atomic E-state index is -0.403. The van der Waals surface area contributed by atoms with Crippen molar-refractivity contribution in [2.75, 3.05) is 0 Å². The maximum absolute atomic E-state index is 12.6. The first-order chi connectivity index (χ1) is 11.5. The predicted molar refractivity (Wildman–Crippen MR) is 92.7 cm³/mol. The summed E-state index contributed by atoms with van der Waals surface area (Å²) in [5.41, 5.74) is 2.60. The molecular weight excluding hydrogens is 328 g/mol. The molecule has 1 aromatic carbocycles. The summed E-state index contributed by atoms with van der Waals surface area (Å²) in [6.45, 7) is 0.583. The van der Waals surface area contributed by atoms with Gasteiger partial charge in [0.1, 0.15) is 0 Å². The van der Waals surface area contributed by atoms with Crippen molar-refractivity contribution in [3.63, 3.8) is 0 Å². The molecule has 6 nitrogen and oxygen atoms in total. The van der Waals surface area contributed by atoms with E-state index < -0.39 is 5.69 Å². The Morgan fingerprint density at radius 3 is 2.75 bits per heavy atom. The van der Waals surface area contributed by atoms with Crippen LogP contribution in [0.1, 0.15) is 23.5 Å². The molecule has 3 aromatic rings. The molecule has 124 valence electrons. The van der Waals surface area contributed by atoms with Crippen LogP contribution in [0.5, 0.6) is 0 Å². The molecule has 0 spiro atoms. The van der Waals surface area contributed by atoms with Gasteiger partial charge in [-0.3, -0.25) is 13.9 Å². The molecule has 0 unspecified atom stereocenters. The maximum atomic E-state index is 12.6. The quantitative estimate of drug-likeness (QED) is 0.666. The van der Waals surface area contributed by atoms with Gasteiger partial charge in [0.05, 0.1) is 0 Å². The van der Waals surface area contributed by atoms with E-state index >= 15 is 0 Å². The molecule has 0 saturated carbocycles. The number of hydrogen-bond acceptors (Lipinski definition) is 3. The monoisotopic (exact) mass is 344 g/mol. The molecule has 4 rings (SSSR count). The third kappa shape index (κ3) is 2.06. The SMILES string of the molecule is Cn1c(=O)c2c(nc(Cl)n2C[C@@H]2CCc3ccccc32)n(C)c1=O. The van der Waals surface area contributed by atoms with Gasteiger partial charge in [0.25, 0.3) is 5.56 Å². The molecule has 0 amide bonds. The van der Waals surface area contributed by atoms with Gasteiger partial charge in [0.2, 0.25) is 5.28 Å². The highest BCUT2D eigenvalue weighted by Crippen LogP contribution is 2.35. The third-order valence-electron chi connectivity index (χ3n) is 4.96. The summed E-state index contributed by atoms with van der Waals surface area (Å²) in [4.78, 5) is 28.9. The topological polar surface area (TPSA) is 61.8 Å². The van der Waals surface area contributed by atoms with Crippen molar-refractivity contribution in [1.29, 1.82) is 0 Å². The second-order valence-corrected chi connectivity index (χ2v) is 6.64. The average Bonchev–Trinajstić information content (AvgIpc) is 3.14. The lowest BCUT2D eigenvalue weighted by molar-refractivity contribution is 0.563. The Hall–Kier alpha value is -2.34. The number of hydrogen-bond donors (Lipinski definition) is 0. The van der Waals surface area contributed by atoms with Gasteiger partial charge in [0.15, 0.2) is 11.2 Å². The third-order valence-corrected chi connectivity index (χ3v) is 5.25. The van der Waals surface area contributed by atoms with Gasteiger partial charge < -0.3 is 4.57 Å². The highest BCUT2D eigenvalue weighted by atomic mass is 35.5. The van der Waals surface area contributed by atoms with E-state index in [1.54, 1.807) is 11.6 Å². The number of halogens is 1. The molecule has 2 aromatic heterocycles. The van der Waals surface area contributed by atoms with Gasteiger partial charge in [-0.1, -0.05) is 24.3 Å². The minimum Gasteiger partial charge on any atom is -0.308 e. The first kappa shape index (κ1) is 15.2. The first-order valence-corrected chi connectivity index (χ1v) is 8.26. The summed E-state index contributed by atoms with van der Waals surface area (Å²) < 4.78 is 4.20. The Morgan fingerprint density at radius 2 is 1.96 bits per heavy atom. The summed E-state index contributed by atoms with van der Waals surface area (Å²) in [7, 11) is 3.07. The van der Waals surface area contributed by atoms with E-state index in [1.165, 1.54) is 22.7 Å². The molecule has 7 heteroatoms. The molecule has 0 fully saturated rings. The molecule has 0 N–H and O–H groups in total. The molecule has 2 heterocycles. The molecule has 24 heavy (non-hydrogen) atoms. The number of rotatable bonds is 2. The summed E-state index contributed by atoms with van der Waals surface area (Å²) in [6.07, 6.45) is 2.04. The van der Waals surface area contributed by atoms with E-state index in [4.69, 9.17) is 11.6 Å². The minimum absolute atomic E-state index is 0.243. The van der Waals surface area contributed by atoms with Crippen LogP contribution in [-0.2, 0) is 27.1 Å². The van der Waals surface area contributed by atoms with Crippen LogP contribution in [0.25, 0.3) is 11.2 Å². The van der Waals surface area contributed by atoms with Crippen molar-refractivity contribution in [2.45, 2.75) is 25.3 Å². The van der Waals surface area contributed by atoms with Crippen LogP contribution < -0.4 is 11.2 Å². The van der Waals surface area contributed by atoms with Gasteiger partial charge in [-0.15, -0.1) is 0 Å². The van der Waals surface area contributed by atoms with Crippen LogP contribution in [0.4, 0.5) is 0 Å². The Morgan fingerprint density at radius 1 is 1.21 bits per heavy atom. The number of aromatic nitrogens is 4. The van der Waals surface area contributed by atoms with Gasteiger partial charge in [-0.05, 0) is 35.6 Å². The lowest BCUT2D eigenvalue weighted by atomic mass is 10.0. The normalized spacial score (nSPS) is 16.7. The van der Waals surface area contributed by atoms with Crippen molar-refractivity contribution in [3.05, 3.63) is 61.5 Å². The Labute approximate surface area is 142 Å². The molecular formula is C17H17ClN4O2. The molecule has 1 aliphatic rings. The second-order valence-electron chi connectivity index (χ2n) is 6.30. The molecule has 0 aliphatic heterocycles. The van der Waals surface area contributed by atoms with Crippen LogP contribution in [0.15, 0.2) is 33.9 Å². The number of imidazole rings is 1. The Balaban J connectivity index is 1.89. The summed E-state index contributed by atoms with van der Waals surface area (Å²) in [5, 5.41) is 0.243. The molecule has 1 aliphatic carbocycles. The average molecular weight is 345 g/mol. The summed E-state index contributed by atoms with van der Waals surface area (Å²) >= 11 is 6.31.